The van der Waals surface area contributed by atoms with Crippen molar-refractivity contribution >= 4 is 11.3 Å². The van der Waals surface area contributed by atoms with Crippen LogP contribution in [0.1, 0.15) is 4.88 Å². The van der Waals surface area contributed by atoms with Crippen molar-refractivity contribution in [3.8, 4) is 10.7 Å². The van der Waals surface area contributed by atoms with Crippen LogP contribution in [-0.4, -0.2) is 15.1 Å². The first-order valence-corrected chi connectivity index (χ1v) is 5.37. The second kappa shape index (κ2) is 4.70. The summed E-state index contributed by atoms with van der Waals surface area (Å²) in [5, 5.41) is 8.55. The van der Waals surface area contributed by atoms with Crippen LogP contribution in [0.15, 0.2) is 42.9 Å². The first-order chi connectivity index (χ1) is 7.40. The van der Waals surface area contributed by atoms with Crippen molar-refractivity contribution in [2.24, 2.45) is 0 Å². The number of allylic oxidation sites excluding steroid dienone is 1. The van der Waals surface area contributed by atoms with Crippen LogP contribution in [0, 0.1) is 0 Å². The van der Waals surface area contributed by atoms with Crippen LogP contribution < -0.4 is 0 Å². The molecule has 0 amide bonds. The molecule has 0 aromatic carbocycles. The van der Waals surface area contributed by atoms with Crippen LogP contribution in [0.25, 0.3) is 10.7 Å². The Balaban J connectivity index is 2.20. The minimum absolute atomic E-state index is 0.744. The Labute approximate surface area is 91.8 Å². The predicted molar refractivity (Wildman–Crippen MR) is 60.8 cm³/mol. The highest BCUT2D eigenvalue weighted by atomic mass is 32.1. The van der Waals surface area contributed by atoms with Gasteiger partial charge >= 0.3 is 0 Å². The summed E-state index contributed by atoms with van der Waals surface area (Å²) in [6, 6.07) is 5.82. The smallest absolute Gasteiger partial charge is 0.169 e. The lowest BCUT2D eigenvalue weighted by molar-refractivity contribution is 0.471. The molecule has 0 fully saturated rings. The monoisotopic (exact) mass is 218 g/mol. The summed E-state index contributed by atoms with van der Waals surface area (Å²) in [5.74, 6) is 0.752. The van der Waals surface area contributed by atoms with E-state index in [1.54, 1.807) is 35.9 Å². The standard InChI is InChI=1S/C11H10N2OS/c14-8-1-3-9-4-5-10(15-9)11-12-6-2-7-13-11/h1-2,4-8,14H,3H2/b8-1+. The van der Waals surface area contributed by atoms with Gasteiger partial charge in [-0.25, -0.2) is 9.97 Å². The summed E-state index contributed by atoms with van der Waals surface area (Å²) < 4.78 is 0. The summed E-state index contributed by atoms with van der Waals surface area (Å²) in [5.41, 5.74) is 0. The minimum atomic E-state index is 0.744. The zero-order valence-corrected chi connectivity index (χ0v) is 8.81. The largest absolute Gasteiger partial charge is 0.516 e. The van der Waals surface area contributed by atoms with Crippen molar-refractivity contribution in [2.75, 3.05) is 0 Å². The van der Waals surface area contributed by atoms with Crippen LogP contribution in [0.4, 0.5) is 0 Å². The maximum Gasteiger partial charge on any atom is 0.169 e. The van der Waals surface area contributed by atoms with Gasteiger partial charge in [0.25, 0.3) is 0 Å². The van der Waals surface area contributed by atoms with Gasteiger partial charge in [-0.15, -0.1) is 11.3 Å². The predicted octanol–water partition coefficient (Wildman–Crippen LogP) is 2.82. The van der Waals surface area contributed by atoms with Crippen LogP contribution >= 0.6 is 11.3 Å². The molecule has 0 aliphatic rings. The summed E-state index contributed by atoms with van der Waals surface area (Å²) in [6.45, 7) is 0. The second-order valence-corrected chi connectivity index (χ2v) is 4.10. The third kappa shape index (κ3) is 2.41. The maximum absolute atomic E-state index is 8.55. The van der Waals surface area contributed by atoms with Crippen molar-refractivity contribution in [2.45, 2.75) is 6.42 Å². The van der Waals surface area contributed by atoms with E-state index in [2.05, 4.69) is 9.97 Å². The average Bonchev–Trinajstić information content (AvgIpc) is 2.76. The molecular formula is C11H10N2OS. The van der Waals surface area contributed by atoms with Crippen molar-refractivity contribution < 1.29 is 5.11 Å². The number of aromatic nitrogens is 2. The van der Waals surface area contributed by atoms with E-state index in [9.17, 15) is 0 Å². The van der Waals surface area contributed by atoms with Gasteiger partial charge in [0.2, 0.25) is 0 Å². The summed E-state index contributed by atoms with van der Waals surface area (Å²) >= 11 is 1.64. The van der Waals surface area contributed by atoms with E-state index in [1.807, 2.05) is 12.1 Å². The van der Waals surface area contributed by atoms with Gasteiger partial charge in [-0.05, 0) is 24.3 Å². The minimum Gasteiger partial charge on any atom is -0.516 e. The van der Waals surface area contributed by atoms with Crippen molar-refractivity contribution in [1.29, 1.82) is 0 Å². The van der Waals surface area contributed by atoms with Crippen molar-refractivity contribution in [3.05, 3.63) is 47.8 Å². The molecule has 0 atom stereocenters. The van der Waals surface area contributed by atoms with Gasteiger partial charge in [0.05, 0.1) is 11.1 Å². The summed E-state index contributed by atoms with van der Waals surface area (Å²) in [4.78, 5) is 10.6. The quantitative estimate of drug-likeness (QED) is 0.806. The molecule has 0 spiro atoms. The van der Waals surface area contributed by atoms with Gasteiger partial charge in [0.1, 0.15) is 0 Å². The van der Waals surface area contributed by atoms with E-state index in [4.69, 9.17) is 5.11 Å². The molecule has 15 heavy (non-hydrogen) atoms. The lowest BCUT2D eigenvalue weighted by Crippen LogP contribution is -1.81. The Morgan fingerprint density at radius 2 is 2.07 bits per heavy atom. The van der Waals surface area contributed by atoms with Crippen LogP contribution in [-0.2, 0) is 6.42 Å². The number of aliphatic hydroxyl groups excluding tert-OH is 1. The Morgan fingerprint density at radius 3 is 2.80 bits per heavy atom. The van der Waals surface area contributed by atoms with Gasteiger partial charge in [0.15, 0.2) is 5.82 Å². The van der Waals surface area contributed by atoms with Crippen LogP contribution in [0.5, 0.6) is 0 Å². The summed E-state index contributed by atoms with van der Waals surface area (Å²) in [6.07, 6.45) is 6.98. The highest BCUT2D eigenvalue weighted by molar-refractivity contribution is 7.15. The van der Waals surface area contributed by atoms with Gasteiger partial charge in [-0.1, -0.05) is 0 Å². The van der Waals surface area contributed by atoms with Crippen LogP contribution in [0.3, 0.4) is 0 Å². The molecule has 2 aromatic heterocycles. The molecule has 0 aliphatic heterocycles. The molecule has 0 bridgehead atoms. The zero-order chi connectivity index (χ0) is 10.5. The molecule has 0 saturated carbocycles. The van der Waals surface area contributed by atoms with E-state index in [0.717, 1.165) is 23.4 Å². The zero-order valence-electron chi connectivity index (χ0n) is 8.00. The molecule has 0 aliphatic carbocycles. The van der Waals surface area contributed by atoms with Gasteiger partial charge in [-0.2, -0.15) is 0 Å². The topological polar surface area (TPSA) is 46.0 Å². The number of thiophene rings is 1. The molecule has 0 unspecified atom stereocenters. The van der Waals surface area contributed by atoms with E-state index in [1.165, 1.54) is 4.88 Å². The van der Waals surface area contributed by atoms with Crippen molar-refractivity contribution in [3.63, 3.8) is 0 Å². The van der Waals surface area contributed by atoms with E-state index < -0.39 is 0 Å². The van der Waals surface area contributed by atoms with E-state index >= 15 is 0 Å². The molecular weight excluding hydrogens is 208 g/mol. The number of hydrogen-bond donors (Lipinski definition) is 1. The number of aliphatic hydroxyl groups is 1. The summed E-state index contributed by atoms with van der Waals surface area (Å²) in [7, 11) is 0. The van der Waals surface area contributed by atoms with Gasteiger partial charge in [-0.3, -0.25) is 0 Å². The third-order valence-electron chi connectivity index (χ3n) is 1.87. The Hall–Kier alpha value is -1.68. The Morgan fingerprint density at radius 1 is 1.27 bits per heavy atom. The molecule has 4 heteroatoms. The fourth-order valence-corrected chi connectivity index (χ4v) is 2.13. The molecule has 3 nitrogen and oxygen atoms in total. The first-order valence-electron chi connectivity index (χ1n) is 4.55. The van der Waals surface area contributed by atoms with Crippen molar-refractivity contribution in [1.82, 2.24) is 9.97 Å². The van der Waals surface area contributed by atoms with Crippen LogP contribution in [0.2, 0.25) is 0 Å². The number of hydrogen-bond acceptors (Lipinski definition) is 4. The highest BCUT2D eigenvalue weighted by Crippen LogP contribution is 2.25. The van der Waals surface area contributed by atoms with Gasteiger partial charge in [0, 0.05) is 23.7 Å². The molecule has 2 rings (SSSR count). The maximum atomic E-state index is 8.55. The Bertz CT molecular complexity index is 451. The second-order valence-electron chi connectivity index (χ2n) is 2.93. The molecule has 2 aromatic rings. The van der Waals surface area contributed by atoms with E-state index in [0.29, 0.717) is 0 Å². The molecule has 2 heterocycles. The molecule has 0 radical (unpaired) electrons. The number of rotatable bonds is 3. The highest BCUT2D eigenvalue weighted by Gasteiger charge is 2.03. The Kier molecular flexibility index (Phi) is 3.09. The molecule has 76 valence electrons. The van der Waals surface area contributed by atoms with Gasteiger partial charge < -0.3 is 5.11 Å². The lowest BCUT2D eigenvalue weighted by Gasteiger charge is -1.92. The van der Waals surface area contributed by atoms with E-state index in [-0.39, 0.29) is 0 Å². The fourth-order valence-electron chi connectivity index (χ4n) is 1.20. The lowest BCUT2D eigenvalue weighted by atomic mass is 10.3. The normalized spacial score (nSPS) is 10.9. The SMILES string of the molecule is O/C=C/Cc1ccc(-c2ncccn2)s1. The first kappa shape index (κ1) is 9.86. The number of nitrogens with zero attached hydrogens (tertiary/aromatic N) is 2. The fraction of sp³-hybridized carbons (Fsp3) is 0.0909. The molecule has 0 saturated heterocycles. The molecule has 1 N–H and O–H groups in total. The third-order valence-corrected chi connectivity index (χ3v) is 2.98. The average molecular weight is 218 g/mol.